The Kier molecular flexibility index (Phi) is 2.94. The van der Waals surface area contributed by atoms with Gasteiger partial charge in [-0.3, -0.25) is 4.18 Å². The minimum absolute atomic E-state index is 0.156. The van der Waals surface area contributed by atoms with Gasteiger partial charge >= 0.3 is 11.9 Å². The molecule has 2 aliphatic carbocycles. The smallest absolute Gasteiger partial charge is 0.344 e. The van der Waals surface area contributed by atoms with Gasteiger partial charge in [0.05, 0.1) is 4.91 Å². The molecule has 20 heavy (non-hydrogen) atoms. The number of carbonyl (C=O) groups is 2. The molecule has 0 N–H and O–H groups in total. The molecule has 4 unspecified atom stereocenters. The lowest BCUT2D eigenvalue weighted by atomic mass is 10.0. The molecule has 7 nitrogen and oxygen atoms in total. The van der Waals surface area contributed by atoms with Gasteiger partial charge in [-0.05, 0) is 6.42 Å². The molecule has 1 saturated heterocycles. The zero-order valence-corrected chi connectivity index (χ0v) is 11.2. The molecule has 1 aliphatic heterocycles. The highest BCUT2D eigenvalue weighted by atomic mass is 32.2. The number of ether oxygens (including phenoxy) is 2. The number of hydrogen-bond donors (Lipinski definition) is 0. The highest BCUT2D eigenvalue weighted by Crippen LogP contribution is 2.54. The van der Waals surface area contributed by atoms with Crippen molar-refractivity contribution in [2.45, 2.75) is 18.6 Å². The van der Waals surface area contributed by atoms with Crippen molar-refractivity contribution in [1.82, 2.24) is 0 Å². The molecule has 0 aromatic rings. The maximum Gasteiger partial charge on any atom is 0.344 e. The van der Waals surface area contributed by atoms with Gasteiger partial charge in [0, 0.05) is 17.9 Å². The molecule has 4 atom stereocenters. The van der Waals surface area contributed by atoms with Crippen LogP contribution in [0.4, 0.5) is 0 Å². The molecule has 2 fully saturated rings. The van der Waals surface area contributed by atoms with Crippen LogP contribution in [0.15, 0.2) is 23.6 Å². The molecule has 0 radical (unpaired) electrons. The van der Waals surface area contributed by atoms with E-state index in [1.807, 2.05) is 0 Å². The third kappa shape index (κ3) is 1.95. The summed E-state index contributed by atoms with van der Waals surface area (Å²) in [5, 5.41) is 0. The van der Waals surface area contributed by atoms with E-state index < -0.39 is 40.9 Å². The highest BCUT2D eigenvalue weighted by molar-refractivity contribution is 7.91. The molecular weight excluding hydrogens is 288 g/mol. The van der Waals surface area contributed by atoms with E-state index in [1.54, 1.807) is 6.08 Å². The van der Waals surface area contributed by atoms with E-state index in [-0.39, 0.29) is 11.8 Å². The molecule has 1 heterocycles. The lowest BCUT2D eigenvalue weighted by Crippen LogP contribution is -2.35. The third-order valence-corrected chi connectivity index (χ3v) is 5.20. The van der Waals surface area contributed by atoms with Crippen molar-refractivity contribution in [3.05, 3.63) is 23.6 Å². The molecular formula is C12H12O7S. The average molecular weight is 300 g/mol. The molecule has 108 valence electrons. The monoisotopic (exact) mass is 300 g/mol. The summed E-state index contributed by atoms with van der Waals surface area (Å²) >= 11 is 0. The predicted octanol–water partition coefficient (Wildman–Crippen LogP) is -0.110. The molecule has 0 aromatic heterocycles. The van der Waals surface area contributed by atoms with E-state index in [9.17, 15) is 18.0 Å². The van der Waals surface area contributed by atoms with Crippen LogP contribution in [-0.2, 0) is 33.4 Å². The van der Waals surface area contributed by atoms with Gasteiger partial charge in [-0.15, -0.1) is 0 Å². The molecule has 3 rings (SSSR count). The Hall–Kier alpha value is -1.67. The second kappa shape index (κ2) is 4.42. The van der Waals surface area contributed by atoms with Crippen molar-refractivity contribution >= 4 is 22.1 Å². The van der Waals surface area contributed by atoms with Crippen molar-refractivity contribution in [3.63, 3.8) is 0 Å². The Morgan fingerprint density at radius 1 is 1.50 bits per heavy atom. The third-order valence-electron chi connectivity index (χ3n) is 3.71. The summed E-state index contributed by atoms with van der Waals surface area (Å²) in [7, 11) is -3.66. The first kappa shape index (κ1) is 13.3. The number of hydrogen-bond acceptors (Lipinski definition) is 7. The number of rotatable bonds is 4. The fraction of sp³-hybridized carbons (Fsp3) is 0.500. The first-order valence-corrected chi connectivity index (χ1v) is 7.47. The SMILES string of the molecule is C=CC(=O)OCC(=O)OC1C2C=C3C(C2)C1OS3(=O)=O. The van der Waals surface area contributed by atoms with Gasteiger partial charge in [-0.1, -0.05) is 12.7 Å². The number of fused-ring (bicyclic) bond motifs is 1. The van der Waals surface area contributed by atoms with Crippen LogP contribution in [0, 0.1) is 11.8 Å². The molecule has 0 aromatic carbocycles. The first-order chi connectivity index (χ1) is 9.42. The highest BCUT2D eigenvalue weighted by Gasteiger charge is 2.60. The van der Waals surface area contributed by atoms with Gasteiger partial charge in [0.1, 0.15) is 12.2 Å². The lowest BCUT2D eigenvalue weighted by molar-refractivity contribution is -0.164. The Balaban J connectivity index is 1.64. The van der Waals surface area contributed by atoms with Gasteiger partial charge in [0.2, 0.25) is 0 Å². The van der Waals surface area contributed by atoms with E-state index in [4.69, 9.17) is 8.92 Å². The number of esters is 2. The number of carbonyl (C=O) groups excluding carboxylic acids is 2. The summed E-state index contributed by atoms with van der Waals surface area (Å²) in [6.07, 6.45) is 1.84. The summed E-state index contributed by atoms with van der Waals surface area (Å²) in [6, 6.07) is 0. The minimum atomic E-state index is -3.66. The van der Waals surface area contributed by atoms with Crippen molar-refractivity contribution in [2.24, 2.45) is 11.8 Å². The van der Waals surface area contributed by atoms with Crippen LogP contribution in [-0.4, -0.2) is 39.2 Å². The largest absolute Gasteiger partial charge is 0.456 e. The van der Waals surface area contributed by atoms with Crippen molar-refractivity contribution in [1.29, 1.82) is 0 Å². The van der Waals surface area contributed by atoms with Crippen molar-refractivity contribution < 1.29 is 31.7 Å². The first-order valence-electron chi connectivity index (χ1n) is 6.06. The second-order valence-corrected chi connectivity index (χ2v) is 6.43. The molecule has 3 aliphatic rings. The van der Waals surface area contributed by atoms with E-state index in [0.717, 1.165) is 6.08 Å². The fourth-order valence-corrected chi connectivity index (χ4v) is 4.52. The van der Waals surface area contributed by atoms with Crippen LogP contribution in [0.3, 0.4) is 0 Å². The van der Waals surface area contributed by atoms with Crippen molar-refractivity contribution in [3.8, 4) is 0 Å². The molecule has 0 spiro atoms. The zero-order valence-electron chi connectivity index (χ0n) is 10.4. The van der Waals surface area contributed by atoms with Gasteiger partial charge in [-0.25, -0.2) is 9.59 Å². The van der Waals surface area contributed by atoms with Gasteiger partial charge in [-0.2, -0.15) is 8.42 Å². The van der Waals surface area contributed by atoms with E-state index in [0.29, 0.717) is 11.3 Å². The summed E-state index contributed by atoms with van der Waals surface area (Å²) in [5.74, 6) is -1.84. The van der Waals surface area contributed by atoms with E-state index >= 15 is 0 Å². The quantitative estimate of drug-likeness (QED) is 0.406. The summed E-state index contributed by atoms with van der Waals surface area (Å²) in [5.41, 5.74) is 0. The molecule has 0 amide bonds. The summed E-state index contributed by atoms with van der Waals surface area (Å²) < 4.78 is 38.0. The molecule has 2 bridgehead atoms. The van der Waals surface area contributed by atoms with Crippen LogP contribution in [0.5, 0.6) is 0 Å². The maximum absolute atomic E-state index is 11.7. The zero-order chi connectivity index (χ0) is 14.5. The Morgan fingerprint density at radius 3 is 2.95 bits per heavy atom. The van der Waals surface area contributed by atoms with Gasteiger partial charge in [0.15, 0.2) is 6.61 Å². The predicted molar refractivity (Wildman–Crippen MR) is 64.5 cm³/mol. The Labute approximate surface area is 115 Å². The van der Waals surface area contributed by atoms with Crippen LogP contribution in [0.25, 0.3) is 0 Å². The Morgan fingerprint density at radius 2 is 2.25 bits per heavy atom. The van der Waals surface area contributed by atoms with E-state index in [2.05, 4.69) is 11.3 Å². The molecule has 8 heteroatoms. The van der Waals surface area contributed by atoms with Crippen LogP contribution in [0.1, 0.15) is 6.42 Å². The average Bonchev–Trinajstić information content (AvgIpc) is 3.00. The normalized spacial score (nSPS) is 35.5. The molecule has 1 saturated carbocycles. The lowest BCUT2D eigenvalue weighted by Gasteiger charge is -2.21. The topological polar surface area (TPSA) is 96.0 Å². The minimum Gasteiger partial charge on any atom is -0.456 e. The fourth-order valence-electron chi connectivity index (χ4n) is 2.93. The maximum atomic E-state index is 11.7. The van der Waals surface area contributed by atoms with Gasteiger partial charge < -0.3 is 9.47 Å². The van der Waals surface area contributed by atoms with Crippen LogP contribution in [0.2, 0.25) is 0 Å². The summed E-state index contributed by atoms with van der Waals surface area (Å²) in [4.78, 5) is 22.7. The van der Waals surface area contributed by atoms with Crippen LogP contribution >= 0.6 is 0 Å². The summed E-state index contributed by atoms with van der Waals surface area (Å²) in [6.45, 7) is 2.67. The van der Waals surface area contributed by atoms with Gasteiger partial charge in [0.25, 0.3) is 10.1 Å². The van der Waals surface area contributed by atoms with Crippen LogP contribution < -0.4 is 0 Å². The standard InChI is InChI=1S/C12H12O7S/c1-2-9(13)17-5-10(14)18-11-6-3-7-8(4-6)20(15,16)19-12(7)11/h2,4,6-7,11-12H,1,3,5H2. The second-order valence-electron chi connectivity index (χ2n) is 4.86. The van der Waals surface area contributed by atoms with Crippen molar-refractivity contribution in [2.75, 3.05) is 6.61 Å². The Bertz CT molecular complexity index is 618. The van der Waals surface area contributed by atoms with E-state index in [1.165, 1.54) is 0 Å².